The number of halogens is 2. The molecular weight excluding hydrogens is 246 g/mol. The summed E-state index contributed by atoms with van der Waals surface area (Å²) in [5, 5.41) is 1.24. The fraction of sp³-hybridized carbons (Fsp3) is 0.167. The Kier molecular flexibility index (Phi) is 2.87. The molecule has 2 aromatic rings. The number of hydrogen-bond donors (Lipinski definition) is 0. The second kappa shape index (κ2) is 4.07. The average Bonchev–Trinajstić information content (AvgIpc) is 2.26. The highest BCUT2D eigenvalue weighted by atomic mass is 32.2. The Bertz CT molecular complexity index is 663. The molecule has 2 rings (SSSR count). The van der Waals surface area contributed by atoms with E-state index in [-0.39, 0.29) is 10.5 Å². The van der Waals surface area contributed by atoms with Crippen molar-refractivity contribution in [3.8, 4) is 0 Å². The molecule has 0 aliphatic heterocycles. The van der Waals surface area contributed by atoms with E-state index in [2.05, 4.69) is 0 Å². The molecule has 2 aromatic carbocycles. The quantitative estimate of drug-likeness (QED) is 0.827. The van der Waals surface area contributed by atoms with Gasteiger partial charge in [0.1, 0.15) is 0 Å². The molecular formula is C12H10F2O2S. The van der Waals surface area contributed by atoms with Crippen LogP contribution in [0.5, 0.6) is 0 Å². The van der Waals surface area contributed by atoms with Crippen molar-refractivity contribution in [2.45, 2.75) is 11.3 Å². The van der Waals surface area contributed by atoms with Gasteiger partial charge in [0.25, 0.3) is 6.43 Å². The maximum Gasteiger partial charge on any atom is 0.263 e. The first-order valence-electron chi connectivity index (χ1n) is 4.90. The molecule has 0 saturated heterocycles. The van der Waals surface area contributed by atoms with Crippen molar-refractivity contribution in [3.05, 3.63) is 42.0 Å². The normalized spacial score (nSPS) is 12.2. The van der Waals surface area contributed by atoms with E-state index in [9.17, 15) is 17.2 Å². The van der Waals surface area contributed by atoms with Crippen LogP contribution in [0.25, 0.3) is 10.8 Å². The summed E-state index contributed by atoms with van der Waals surface area (Å²) >= 11 is 0. The average molecular weight is 256 g/mol. The summed E-state index contributed by atoms with van der Waals surface area (Å²) in [6.07, 6.45) is -1.41. The van der Waals surface area contributed by atoms with Crippen LogP contribution < -0.4 is 0 Å². The zero-order valence-electron chi connectivity index (χ0n) is 9.02. The van der Waals surface area contributed by atoms with Gasteiger partial charge in [0, 0.05) is 11.8 Å². The Morgan fingerprint density at radius 1 is 1.00 bits per heavy atom. The van der Waals surface area contributed by atoms with Crippen LogP contribution >= 0.6 is 0 Å². The second-order valence-corrected chi connectivity index (χ2v) is 5.86. The molecule has 0 aliphatic rings. The van der Waals surface area contributed by atoms with Gasteiger partial charge in [-0.15, -0.1) is 0 Å². The van der Waals surface area contributed by atoms with Gasteiger partial charge in [-0.2, -0.15) is 0 Å². The van der Waals surface area contributed by atoms with Crippen molar-refractivity contribution in [2.75, 3.05) is 6.26 Å². The molecule has 90 valence electrons. The number of hydrogen-bond acceptors (Lipinski definition) is 2. The SMILES string of the molecule is CS(=O)(=O)c1ccc2cc(C(F)F)ccc2c1. The summed E-state index contributed by atoms with van der Waals surface area (Å²) in [4.78, 5) is 0.190. The van der Waals surface area contributed by atoms with Gasteiger partial charge >= 0.3 is 0 Å². The van der Waals surface area contributed by atoms with Crippen LogP contribution in [0, 0.1) is 0 Å². The van der Waals surface area contributed by atoms with E-state index in [4.69, 9.17) is 0 Å². The van der Waals surface area contributed by atoms with Crippen LogP contribution in [-0.2, 0) is 9.84 Å². The van der Waals surface area contributed by atoms with Gasteiger partial charge < -0.3 is 0 Å². The van der Waals surface area contributed by atoms with Crippen LogP contribution in [0.3, 0.4) is 0 Å². The molecule has 0 amide bonds. The monoisotopic (exact) mass is 256 g/mol. The summed E-state index contributed by atoms with van der Waals surface area (Å²) in [6, 6.07) is 8.63. The predicted octanol–water partition coefficient (Wildman–Crippen LogP) is 3.18. The van der Waals surface area contributed by atoms with Crippen LogP contribution in [-0.4, -0.2) is 14.7 Å². The van der Waals surface area contributed by atoms with E-state index in [0.29, 0.717) is 10.8 Å². The van der Waals surface area contributed by atoms with Crippen molar-refractivity contribution >= 4 is 20.6 Å². The fourth-order valence-corrected chi connectivity index (χ4v) is 2.26. The van der Waals surface area contributed by atoms with Gasteiger partial charge in [-0.1, -0.05) is 18.2 Å². The smallest absolute Gasteiger partial charge is 0.224 e. The molecule has 0 aromatic heterocycles. The molecule has 17 heavy (non-hydrogen) atoms. The minimum atomic E-state index is -3.27. The largest absolute Gasteiger partial charge is 0.263 e. The van der Waals surface area contributed by atoms with Gasteiger partial charge in [0.05, 0.1) is 4.90 Å². The maximum absolute atomic E-state index is 12.5. The molecule has 0 unspecified atom stereocenters. The first-order valence-corrected chi connectivity index (χ1v) is 6.79. The van der Waals surface area contributed by atoms with E-state index >= 15 is 0 Å². The molecule has 0 atom stereocenters. The summed E-state index contributed by atoms with van der Waals surface area (Å²) in [7, 11) is -3.27. The molecule has 0 aliphatic carbocycles. The third kappa shape index (κ3) is 2.44. The van der Waals surface area contributed by atoms with Crippen molar-refractivity contribution in [1.82, 2.24) is 0 Å². The van der Waals surface area contributed by atoms with Crippen LogP contribution in [0.1, 0.15) is 12.0 Å². The van der Waals surface area contributed by atoms with E-state index in [1.807, 2.05) is 0 Å². The number of fused-ring (bicyclic) bond motifs is 1. The second-order valence-electron chi connectivity index (χ2n) is 3.84. The van der Waals surface area contributed by atoms with Crippen LogP contribution in [0.2, 0.25) is 0 Å². The zero-order valence-corrected chi connectivity index (χ0v) is 9.84. The van der Waals surface area contributed by atoms with Crippen LogP contribution in [0.4, 0.5) is 8.78 Å². The zero-order chi connectivity index (χ0) is 12.6. The molecule has 0 spiro atoms. The molecule has 0 bridgehead atoms. The first kappa shape index (κ1) is 12.0. The van der Waals surface area contributed by atoms with Gasteiger partial charge in [-0.25, -0.2) is 17.2 Å². The summed E-state index contributed by atoms with van der Waals surface area (Å²) in [6.45, 7) is 0. The highest BCUT2D eigenvalue weighted by Crippen LogP contribution is 2.25. The molecule has 5 heteroatoms. The Morgan fingerprint density at radius 2 is 1.59 bits per heavy atom. The number of rotatable bonds is 2. The summed E-state index contributed by atoms with van der Waals surface area (Å²) in [5.74, 6) is 0. The van der Waals surface area contributed by atoms with Crippen LogP contribution in [0.15, 0.2) is 41.3 Å². The van der Waals surface area contributed by atoms with Crippen molar-refractivity contribution in [3.63, 3.8) is 0 Å². The Balaban J connectivity index is 2.62. The van der Waals surface area contributed by atoms with Gasteiger partial charge in [-0.05, 0) is 29.0 Å². The lowest BCUT2D eigenvalue weighted by Gasteiger charge is -2.04. The Hall–Kier alpha value is -1.49. The first-order chi connectivity index (χ1) is 7.88. The number of sulfone groups is 1. The number of alkyl halides is 2. The standard InChI is InChI=1S/C12H10F2O2S/c1-17(15,16)11-5-4-8-6-10(12(13)14)3-2-9(8)7-11/h2-7,12H,1H3. The van der Waals surface area contributed by atoms with Gasteiger partial charge in [0.15, 0.2) is 9.84 Å². The fourth-order valence-electron chi connectivity index (χ4n) is 1.61. The lowest BCUT2D eigenvalue weighted by Crippen LogP contribution is -1.96. The molecule has 0 heterocycles. The molecule has 0 fully saturated rings. The topological polar surface area (TPSA) is 34.1 Å². The maximum atomic E-state index is 12.5. The molecule has 0 radical (unpaired) electrons. The number of benzene rings is 2. The summed E-state index contributed by atoms with van der Waals surface area (Å²) in [5.41, 5.74) is -0.0652. The van der Waals surface area contributed by atoms with E-state index in [0.717, 1.165) is 6.26 Å². The van der Waals surface area contributed by atoms with E-state index < -0.39 is 16.3 Å². The van der Waals surface area contributed by atoms with Crippen molar-refractivity contribution in [2.24, 2.45) is 0 Å². The predicted molar refractivity (Wildman–Crippen MR) is 62.0 cm³/mol. The van der Waals surface area contributed by atoms with Crippen molar-refractivity contribution in [1.29, 1.82) is 0 Å². The summed E-state index contributed by atoms with van der Waals surface area (Å²) < 4.78 is 47.6. The molecule has 0 N–H and O–H groups in total. The Morgan fingerprint density at radius 3 is 2.18 bits per heavy atom. The minimum Gasteiger partial charge on any atom is -0.224 e. The Labute approximate surface area is 97.8 Å². The highest BCUT2D eigenvalue weighted by molar-refractivity contribution is 7.90. The minimum absolute atomic E-state index is 0.0652. The van der Waals surface area contributed by atoms with Gasteiger partial charge in [-0.3, -0.25) is 0 Å². The third-order valence-electron chi connectivity index (χ3n) is 2.52. The van der Waals surface area contributed by atoms with E-state index in [1.165, 1.54) is 36.4 Å². The van der Waals surface area contributed by atoms with Gasteiger partial charge in [0.2, 0.25) is 0 Å². The molecule has 2 nitrogen and oxygen atoms in total. The highest BCUT2D eigenvalue weighted by Gasteiger charge is 2.10. The lowest BCUT2D eigenvalue weighted by atomic mass is 10.1. The third-order valence-corrected chi connectivity index (χ3v) is 3.63. The van der Waals surface area contributed by atoms with E-state index in [1.54, 1.807) is 0 Å². The molecule has 0 saturated carbocycles. The lowest BCUT2D eigenvalue weighted by molar-refractivity contribution is 0.151. The van der Waals surface area contributed by atoms with Crippen molar-refractivity contribution < 1.29 is 17.2 Å².